The number of nitrogens with one attached hydrogen (secondary N) is 1. The first-order valence-corrected chi connectivity index (χ1v) is 12.3. The molecule has 10 heteroatoms. The molecule has 33 heavy (non-hydrogen) atoms. The summed E-state index contributed by atoms with van der Waals surface area (Å²) in [6.45, 7) is 3.49. The second-order valence-electron chi connectivity index (χ2n) is 7.39. The molecule has 0 fully saturated rings. The molecule has 1 N–H and O–H groups in total. The summed E-state index contributed by atoms with van der Waals surface area (Å²) in [5, 5.41) is 2.71. The molecule has 2 aromatic rings. The van der Waals surface area contributed by atoms with E-state index in [0.717, 1.165) is 16.1 Å². The summed E-state index contributed by atoms with van der Waals surface area (Å²) in [6.07, 6.45) is 1.02. The smallest absolute Gasteiger partial charge is 0.244 e. The van der Waals surface area contributed by atoms with Gasteiger partial charge in [0.25, 0.3) is 0 Å². The SMILES string of the molecule is CCNC(=O)C(C)N(Cc1ccccc1)C(=O)CN(c1ccc(OC)c(OC)c1)S(C)(=O)=O. The quantitative estimate of drug-likeness (QED) is 0.531. The molecular formula is C23H31N3O6S. The average molecular weight is 478 g/mol. The van der Waals surface area contributed by atoms with Crippen molar-refractivity contribution in [3.8, 4) is 11.5 Å². The van der Waals surface area contributed by atoms with Crippen molar-refractivity contribution in [1.29, 1.82) is 0 Å². The van der Waals surface area contributed by atoms with Crippen LogP contribution in [0, 0.1) is 0 Å². The molecule has 0 bridgehead atoms. The molecule has 0 saturated heterocycles. The van der Waals surface area contributed by atoms with Crippen molar-refractivity contribution in [2.45, 2.75) is 26.4 Å². The molecule has 0 saturated carbocycles. The van der Waals surface area contributed by atoms with Crippen molar-refractivity contribution in [3.05, 3.63) is 54.1 Å². The predicted molar refractivity (Wildman–Crippen MR) is 127 cm³/mol. The molecule has 2 aromatic carbocycles. The van der Waals surface area contributed by atoms with Crippen LogP contribution in [-0.2, 0) is 26.2 Å². The van der Waals surface area contributed by atoms with Crippen molar-refractivity contribution < 1.29 is 27.5 Å². The van der Waals surface area contributed by atoms with Crippen LogP contribution in [0.2, 0.25) is 0 Å². The van der Waals surface area contributed by atoms with Crippen LogP contribution >= 0.6 is 0 Å². The number of anilines is 1. The van der Waals surface area contributed by atoms with Gasteiger partial charge in [-0.2, -0.15) is 0 Å². The van der Waals surface area contributed by atoms with Crippen LogP contribution in [0.4, 0.5) is 5.69 Å². The number of nitrogens with zero attached hydrogens (tertiary/aromatic N) is 2. The van der Waals surface area contributed by atoms with Crippen molar-refractivity contribution in [2.75, 3.05) is 37.9 Å². The summed E-state index contributed by atoms with van der Waals surface area (Å²) in [5.41, 5.74) is 1.06. The third kappa shape index (κ3) is 6.85. The fraction of sp³-hybridized carbons (Fsp3) is 0.391. The van der Waals surface area contributed by atoms with E-state index in [1.807, 2.05) is 30.3 Å². The van der Waals surface area contributed by atoms with Gasteiger partial charge < -0.3 is 19.7 Å². The highest BCUT2D eigenvalue weighted by molar-refractivity contribution is 7.92. The number of hydrogen-bond acceptors (Lipinski definition) is 6. The van der Waals surface area contributed by atoms with Crippen LogP contribution in [0.1, 0.15) is 19.4 Å². The number of carbonyl (C=O) groups is 2. The number of benzene rings is 2. The van der Waals surface area contributed by atoms with Crippen molar-refractivity contribution in [1.82, 2.24) is 10.2 Å². The number of ether oxygens (including phenoxy) is 2. The Kier molecular flexibility index (Phi) is 9.10. The molecule has 180 valence electrons. The number of methoxy groups -OCH3 is 2. The largest absolute Gasteiger partial charge is 0.493 e. The molecule has 1 atom stereocenters. The van der Waals surface area contributed by atoms with Gasteiger partial charge in [-0.3, -0.25) is 13.9 Å². The number of carbonyl (C=O) groups excluding carboxylic acids is 2. The first-order valence-electron chi connectivity index (χ1n) is 10.4. The fourth-order valence-corrected chi connectivity index (χ4v) is 4.12. The van der Waals surface area contributed by atoms with Gasteiger partial charge in [0.2, 0.25) is 21.8 Å². The predicted octanol–water partition coefficient (Wildman–Crippen LogP) is 2.02. The maximum absolute atomic E-state index is 13.4. The second kappa shape index (κ2) is 11.6. The normalized spacial score (nSPS) is 11.9. The van der Waals surface area contributed by atoms with Gasteiger partial charge in [0.15, 0.2) is 11.5 Å². The molecule has 0 aliphatic heterocycles. The summed E-state index contributed by atoms with van der Waals surface area (Å²) in [4.78, 5) is 27.3. The van der Waals surface area contributed by atoms with E-state index in [9.17, 15) is 18.0 Å². The number of likely N-dealkylation sites (N-methyl/N-ethyl adjacent to an activating group) is 1. The highest BCUT2D eigenvalue weighted by atomic mass is 32.2. The van der Waals surface area contributed by atoms with E-state index in [-0.39, 0.29) is 18.1 Å². The Hall–Kier alpha value is -3.27. The first kappa shape index (κ1) is 26.0. The maximum Gasteiger partial charge on any atom is 0.244 e. The van der Waals surface area contributed by atoms with Crippen molar-refractivity contribution in [3.63, 3.8) is 0 Å². The van der Waals surface area contributed by atoms with Crippen LogP contribution in [0.3, 0.4) is 0 Å². The molecule has 0 radical (unpaired) electrons. The minimum absolute atomic E-state index is 0.154. The second-order valence-corrected chi connectivity index (χ2v) is 9.29. The lowest BCUT2D eigenvalue weighted by molar-refractivity contribution is -0.139. The van der Waals surface area contributed by atoms with Gasteiger partial charge in [0.05, 0.1) is 26.2 Å². The maximum atomic E-state index is 13.4. The first-order chi connectivity index (χ1) is 15.6. The topological polar surface area (TPSA) is 105 Å². The highest BCUT2D eigenvalue weighted by Gasteiger charge is 2.30. The standard InChI is InChI=1S/C23H31N3O6S/c1-6-24-23(28)17(2)25(15-18-10-8-7-9-11-18)22(27)16-26(33(5,29)30)19-12-13-20(31-3)21(14-19)32-4/h7-14,17H,6,15-16H2,1-5H3,(H,24,28). The third-order valence-electron chi connectivity index (χ3n) is 5.05. The number of rotatable bonds is 11. The van der Waals surface area contributed by atoms with Crippen molar-refractivity contribution >= 4 is 27.5 Å². The molecule has 9 nitrogen and oxygen atoms in total. The zero-order valence-corrected chi connectivity index (χ0v) is 20.4. The molecule has 1 unspecified atom stereocenters. The lowest BCUT2D eigenvalue weighted by Crippen LogP contribution is -2.51. The van der Waals surface area contributed by atoms with E-state index in [2.05, 4.69) is 5.32 Å². The van der Waals surface area contributed by atoms with E-state index < -0.39 is 28.5 Å². The number of hydrogen-bond donors (Lipinski definition) is 1. The van der Waals surface area contributed by atoms with Crippen molar-refractivity contribution in [2.24, 2.45) is 0 Å². The van der Waals surface area contributed by atoms with Gasteiger partial charge in [-0.25, -0.2) is 8.42 Å². The summed E-state index contributed by atoms with van der Waals surface area (Å²) in [7, 11) is -0.922. The Morgan fingerprint density at radius 1 is 1.03 bits per heavy atom. The van der Waals surface area contributed by atoms with Gasteiger partial charge in [0.1, 0.15) is 12.6 Å². The Labute approximate surface area is 195 Å². The van der Waals surface area contributed by atoms with E-state index in [1.54, 1.807) is 19.9 Å². The van der Waals surface area contributed by atoms with Gasteiger partial charge in [-0.15, -0.1) is 0 Å². The Balaban J connectivity index is 2.41. The molecule has 2 amide bonds. The lowest BCUT2D eigenvalue weighted by atomic mass is 10.1. The molecule has 0 aliphatic carbocycles. The van der Waals surface area contributed by atoms with E-state index >= 15 is 0 Å². The van der Waals surface area contributed by atoms with Crippen LogP contribution in [0.15, 0.2) is 48.5 Å². The number of sulfonamides is 1. The average Bonchev–Trinajstić information content (AvgIpc) is 2.80. The van der Waals surface area contributed by atoms with E-state index in [1.165, 1.54) is 31.3 Å². The van der Waals surface area contributed by atoms with Crippen LogP contribution in [0.5, 0.6) is 11.5 Å². The zero-order valence-electron chi connectivity index (χ0n) is 19.6. The third-order valence-corrected chi connectivity index (χ3v) is 6.19. The minimum Gasteiger partial charge on any atom is -0.493 e. The zero-order chi connectivity index (χ0) is 24.6. The highest BCUT2D eigenvalue weighted by Crippen LogP contribution is 2.32. The summed E-state index contributed by atoms with van der Waals surface area (Å²) in [6, 6.07) is 13.0. The molecule has 0 spiro atoms. The monoisotopic (exact) mass is 477 g/mol. The summed E-state index contributed by atoms with van der Waals surface area (Å²) >= 11 is 0. The lowest BCUT2D eigenvalue weighted by Gasteiger charge is -2.31. The van der Waals surface area contributed by atoms with Gasteiger partial charge in [-0.1, -0.05) is 30.3 Å². The minimum atomic E-state index is -3.83. The molecule has 0 aromatic heterocycles. The van der Waals surface area contributed by atoms with E-state index in [0.29, 0.717) is 18.0 Å². The van der Waals surface area contributed by atoms with Crippen LogP contribution in [-0.4, -0.2) is 64.7 Å². The van der Waals surface area contributed by atoms with Gasteiger partial charge in [0, 0.05) is 19.2 Å². The van der Waals surface area contributed by atoms with E-state index in [4.69, 9.17) is 9.47 Å². The fourth-order valence-electron chi connectivity index (χ4n) is 3.28. The molecule has 2 rings (SSSR count). The summed E-state index contributed by atoms with van der Waals surface area (Å²) < 4.78 is 36.7. The van der Waals surface area contributed by atoms with Gasteiger partial charge in [-0.05, 0) is 31.5 Å². The Bertz CT molecular complexity index is 1060. The molecule has 0 heterocycles. The van der Waals surface area contributed by atoms with Crippen LogP contribution in [0.25, 0.3) is 0 Å². The Morgan fingerprint density at radius 3 is 2.21 bits per heavy atom. The van der Waals surface area contributed by atoms with Crippen LogP contribution < -0.4 is 19.1 Å². The number of amides is 2. The summed E-state index contributed by atoms with van der Waals surface area (Å²) in [5.74, 6) is -0.0823. The van der Waals surface area contributed by atoms with Gasteiger partial charge >= 0.3 is 0 Å². The molecular weight excluding hydrogens is 446 g/mol. The Morgan fingerprint density at radius 2 is 1.67 bits per heavy atom. The molecule has 0 aliphatic rings.